The second-order valence-electron chi connectivity index (χ2n) is 1.15. The molecule has 0 aromatic rings. The van der Waals surface area contributed by atoms with Crippen molar-refractivity contribution in [3.05, 3.63) is 12.7 Å². The van der Waals surface area contributed by atoms with E-state index in [4.69, 9.17) is 23.2 Å². The van der Waals surface area contributed by atoms with E-state index < -0.39 is 4.84 Å². The average Bonchev–Trinajstić information content (AvgIpc) is 1.69. The lowest BCUT2D eigenvalue weighted by Crippen LogP contribution is -3.00. The molecule has 0 saturated carbocycles. The van der Waals surface area contributed by atoms with Crippen LogP contribution >= 0.6 is 23.2 Å². The third kappa shape index (κ3) is 56.0. The minimum Gasteiger partial charge on any atom is -1.00 e. The van der Waals surface area contributed by atoms with Gasteiger partial charge in [0.25, 0.3) is 0 Å². The molecule has 0 fully saturated rings. The molecule has 0 saturated heterocycles. The van der Waals surface area contributed by atoms with Crippen molar-refractivity contribution in [2.75, 3.05) is 14.1 Å². The van der Waals surface area contributed by atoms with E-state index in [0.717, 1.165) is 0 Å². The first kappa shape index (κ1) is 16.3. The smallest absolute Gasteiger partial charge is 0.125 e. The molecule has 0 bridgehead atoms. The van der Waals surface area contributed by atoms with Crippen LogP contribution in [0.5, 0.6) is 0 Å². The Morgan fingerprint density at radius 2 is 1.56 bits per heavy atom. The molecule has 0 heterocycles. The number of quaternary nitrogens is 1. The standard InChI is InChI=1S/C3H4Cl2.C2H7N.ClH/c1-2-3(4)5;1-3-2;/h2-3H,1H2;3H,1-2H3;1H. The van der Waals surface area contributed by atoms with Crippen molar-refractivity contribution in [1.29, 1.82) is 0 Å². The number of allylic oxidation sites excluding steroid dienone is 1. The van der Waals surface area contributed by atoms with Crippen molar-refractivity contribution in [3.8, 4) is 0 Å². The first-order chi connectivity index (χ1) is 3.68. The fraction of sp³-hybridized carbons (Fsp3) is 0.600. The SMILES string of the molecule is C=CC(Cl)Cl.C[NH2+]C.[Cl-]. The van der Waals surface area contributed by atoms with Crippen molar-refractivity contribution in [2.24, 2.45) is 0 Å². The zero-order chi connectivity index (χ0) is 6.99. The van der Waals surface area contributed by atoms with Crippen LogP contribution in [0.4, 0.5) is 0 Å². The molecule has 4 heteroatoms. The summed E-state index contributed by atoms with van der Waals surface area (Å²) >= 11 is 10.2. The fourth-order valence-corrected chi connectivity index (χ4v) is 0. The topological polar surface area (TPSA) is 16.6 Å². The van der Waals surface area contributed by atoms with E-state index in [1.165, 1.54) is 6.08 Å². The summed E-state index contributed by atoms with van der Waals surface area (Å²) < 4.78 is 0. The van der Waals surface area contributed by atoms with Crippen LogP contribution < -0.4 is 17.7 Å². The Morgan fingerprint density at radius 1 is 1.44 bits per heavy atom. The van der Waals surface area contributed by atoms with Gasteiger partial charge in [-0.1, -0.05) is 6.08 Å². The number of hydrogen-bond acceptors (Lipinski definition) is 0. The summed E-state index contributed by atoms with van der Waals surface area (Å²) in [6, 6.07) is 0. The van der Waals surface area contributed by atoms with Gasteiger partial charge in [0.15, 0.2) is 0 Å². The van der Waals surface area contributed by atoms with Crippen LogP contribution in [-0.2, 0) is 0 Å². The monoisotopic (exact) mass is 191 g/mol. The van der Waals surface area contributed by atoms with Gasteiger partial charge in [-0.3, -0.25) is 0 Å². The van der Waals surface area contributed by atoms with E-state index in [0.29, 0.717) is 0 Å². The molecule has 0 atom stereocenters. The highest BCUT2D eigenvalue weighted by Gasteiger charge is 1.80. The molecule has 0 rings (SSSR count). The van der Waals surface area contributed by atoms with Gasteiger partial charge in [-0.15, -0.1) is 29.8 Å². The highest BCUT2D eigenvalue weighted by molar-refractivity contribution is 6.45. The number of halogens is 3. The number of rotatable bonds is 1. The molecule has 0 spiro atoms. The van der Waals surface area contributed by atoms with Crippen LogP contribution in [0.3, 0.4) is 0 Å². The number of hydrogen-bond donors (Lipinski definition) is 1. The Bertz CT molecular complexity index is 47.5. The van der Waals surface area contributed by atoms with E-state index >= 15 is 0 Å². The molecule has 0 radical (unpaired) electrons. The lowest BCUT2D eigenvalue weighted by molar-refractivity contribution is -0.597. The molecule has 0 amide bonds. The molecule has 0 aromatic heterocycles. The molecule has 0 aromatic carbocycles. The van der Waals surface area contributed by atoms with Crippen LogP contribution in [0.1, 0.15) is 0 Å². The molecule has 0 aliphatic carbocycles. The molecule has 1 nitrogen and oxygen atoms in total. The second-order valence-corrected chi connectivity index (χ2v) is 2.31. The van der Waals surface area contributed by atoms with Gasteiger partial charge < -0.3 is 17.7 Å². The first-order valence-electron chi connectivity index (χ1n) is 2.33. The lowest BCUT2D eigenvalue weighted by atomic mass is 10.8. The Labute approximate surface area is 72.8 Å². The van der Waals surface area contributed by atoms with Gasteiger partial charge in [-0.05, 0) is 0 Å². The summed E-state index contributed by atoms with van der Waals surface area (Å²) in [7, 11) is 4.00. The van der Waals surface area contributed by atoms with Gasteiger partial charge in [-0.2, -0.15) is 0 Å². The van der Waals surface area contributed by atoms with Crippen LogP contribution in [-0.4, -0.2) is 18.9 Å². The summed E-state index contributed by atoms with van der Waals surface area (Å²) in [5.41, 5.74) is 0. The molecule has 0 unspecified atom stereocenters. The normalized spacial score (nSPS) is 6.78. The quantitative estimate of drug-likeness (QED) is 0.358. The largest absolute Gasteiger partial charge is 1.00 e. The Morgan fingerprint density at radius 3 is 1.56 bits per heavy atom. The summed E-state index contributed by atoms with van der Waals surface area (Å²) in [5.74, 6) is 0. The maximum absolute atomic E-state index is 5.11. The van der Waals surface area contributed by atoms with Crippen LogP contribution in [0.15, 0.2) is 12.7 Å². The van der Waals surface area contributed by atoms with Gasteiger partial charge in [0.2, 0.25) is 0 Å². The second kappa shape index (κ2) is 15.8. The number of nitrogens with two attached hydrogens (primary N) is 1. The summed E-state index contributed by atoms with van der Waals surface area (Å²) in [4.78, 5) is -0.407. The third-order valence-corrected chi connectivity index (χ3v) is 0.535. The fourth-order valence-electron chi connectivity index (χ4n) is 0. The van der Waals surface area contributed by atoms with E-state index in [9.17, 15) is 0 Å². The van der Waals surface area contributed by atoms with Crippen molar-refractivity contribution >= 4 is 23.2 Å². The van der Waals surface area contributed by atoms with E-state index in [-0.39, 0.29) is 12.4 Å². The summed E-state index contributed by atoms with van der Waals surface area (Å²) in [6.45, 7) is 3.30. The van der Waals surface area contributed by atoms with Crippen LogP contribution in [0.2, 0.25) is 0 Å². The molecular weight excluding hydrogens is 180 g/mol. The minimum atomic E-state index is -0.407. The van der Waals surface area contributed by atoms with E-state index in [1.807, 2.05) is 19.4 Å². The highest BCUT2D eigenvalue weighted by Crippen LogP contribution is 1.99. The molecule has 9 heavy (non-hydrogen) atoms. The summed E-state index contributed by atoms with van der Waals surface area (Å²) in [6.07, 6.45) is 1.45. The van der Waals surface area contributed by atoms with E-state index in [1.54, 1.807) is 0 Å². The van der Waals surface area contributed by atoms with Gasteiger partial charge in [-0.25, -0.2) is 0 Å². The van der Waals surface area contributed by atoms with Crippen molar-refractivity contribution < 1.29 is 17.7 Å². The Hall–Kier alpha value is 0.570. The first-order valence-corrected chi connectivity index (χ1v) is 3.21. The lowest BCUT2D eigenvalue weighted by Gasteiger charge is -1.77. The maximum atomic E-state index is 5.11. The maximum Gasteiger partial charge on any atom is 0.125 e. The van der Waals surface area contributed by atoms with Gasteiger partial charge in [0, 0.05) is 0 Å². The number of alkyl halides is 2. The van der Waals surface area contributed by atoms with Gasteiger partial charge in [0.05, 0.1) is 14.1 Å². The molecule has 58 valence electrons. The van der Waals surface area contributed by atoms with Gasteiger partial charge >= 0.3 is 0 Å². The zero-order valence-corrected chi connectivity index (χ0v) is 7.84. The van der Waals surface area contributed by atoms with Crippen molar-refractivity contribution in [1.82, 2.24) is 0 Å². The molecular formula is C5H12Cl3N. The molecule has 2 N–H and O–H groups in total. The highest BCUT2D eigenvalue weighted by atomic mass is 35.5. The van der Waals surface area contributed by atoms with Crippen molar-refractivity contribution in [2.45, 2.75) is 4.84 Å². The molecule has 0 aliphatic rings. The predicted molar refractivity (Wildman–Crippen MR) is 39.5 cm³/mol. The molecule has 0 aliphatic heterocycles. The average molecular weight is 193 g/mol. The Balaban J connectivity index is -0.0000000800. The van der Waals surface area contributed by atoms with Gasteiger partial charge in [0.1, 0.15) is 4.84 Å². The van der Waals surface area contributed by atoms with Crippen molar-refractivity contribution in [3.63, 3.8) is 0 Å². The predicted octanol–water partition coefficient (Wildman–Crippen LogP) is -2.21. The minimum absolute atomic E-state index is 0. The van der Waals surface area contributed by atoms with Crippen LogP contribution in [0, 0.1) is 0 Å². The Kier molecular flexibility index (Phi) is 28.6. The van der Waals surface area contributed by atoms with Crippen LogP contribution in [0.25, 0.3) is 0 Å². The van der Waals surface area contributed by atoms with E-state index in [2.05, 4.69) is 6.58 Å². The third-order valence-electron chi connectivity index (χ3n) is 0.178. The zero-order valence-electron chi connectivity index (χ0n) is 5.57. The summed E-state index contributed by atoms with van der Waals surface area (Å²) in [5, 5.41) is 2.00.